The van der Waals surface area contributed by atoms with Crippen LogP contribution in [0.1, 0.15) is 46.4 Å². The minimum atomic E-state index is -3.61. The van der Waals surface area contributed by atoms with Crippen molar-refractivity contribution in [1.29, 1.82) is 0 Å². The van der Waals surface area contributed by atoms with Gasteiger partial charge < -0.3 is 0 Å². The van der Waals surface area contributed by atoms with E-state index in [9.17, 15) is 8.42 Å². The Labute approximate surface area is 184 Å². The second-order valence-corrected chi connectivity index (χ2v) is 10.1. The molecule has 0 bridgehead atoms. The summed E-state index contributed by atoms with van der Waals surface area (Å²) in [5.41, 5.74) is 7.88. The molecule has 0 radical (unpaired) electrons. The summed E-state index contributed by atoms with van der Waals surface area (Å²) in [6.45, 7) is 8.45. The Morgan fingerprint density at radius 3 is 2.42 bits per heavy atom. The summed E-state index contributed by atoms with van der Waals surface area (Å²) < 4.78 is 31.1. The van der Waals surface area contributed by atoms with Crippen LogP contribution in [0.15, 0.2) is 35.4 Å². The molecule has 2 aromatic heterocycles. The van der Waals surface area contributed by atoms with Crippen molar-refractivity contribution < 1.29 is 8.42 Å². The van der Waals surface area contributed by atoms with Gasteiger partial charge in [0.1, 0.15) is 5.69 Å². The topological polar surface area (TPSA) is 76.9 Å². The van der Waals surface area contributed by atoms with Crippen LogP contribution in [0.25, 0.3) is 11.4 Å². The Bertz CT molecular complexity index is 1190. The number of nitrogens with one attached hydrogen (secondary N) is 1. The molecule has 6 nitrogen and oxygen atoms in total. The normalized spacial score (nSPS) is 13.9. The molecule has 164 valence electrons. The van der Waals surface area contributed by atoms with Gasteiger partial charge in [0.25, 0.3) is 0 Å². The van der Waals surface area contributed by atoms with Gasteiger partial charge >= 0.3 is 0 Å². The minimum Gasteiger partial charge on any atom is -0.267 e. The number of sulfonamides is 1. The van der Waals surface area contributed by atoms with Gasteiger partial charge in [-0.2, -0.15) is 5.10 Å². The first-order valence-electron chi connectivity index (χ1n) is 10.9. The lowest BCUT2D eigenvalue weighted by molar-refractivity contribution is 0.538. The number of pyridine rings is 1. The van der Waals surface area contributed by atoms with Crippen molar-refractivity contribution in [2.75, 3.05) is 6.54 Å². The van der Waals surface area contributed by atoms with E-state index >= 15 is 0 Å². The van der Waals surface area contributed by atoms with Gasteiger partial charge in [-0.1, -0.05) is 12.1 Å². The van der Waals surface area contributed by atoms with E-state index < -0.39 is 10.0 Å². The molecule has 7 heteroatoms. The maximum Gasteiger partial charge on any atom is 0.241 e. The lowest BCUT2D eigenvalue weighted by Gasteiger charge is -2.17. The Balaban J connectivity index is 1.58. The Hall–Kier alpha value is -2.51. The third-order valence-corrected chi connectivity index (χ3v) is 8.08. The van der Waals surface area contributed by atoms with Gasteiger partial charge in [-0.3, -0.25) is 9.67 Å². The molecule has 0 amide bonds. The predicted molar refractivity (Wildman–Crippen MR) is 123 cm³/mol. The molecule has 0 atom stereocenters. The molecule has 0 spiro atoms. The molecule has 1 N–H and O–H groups in total. The van der Waals surface area contributed by atoms with Crippen LogP contribution in [0.4, 0.5) is 0 Å². The van der Waals surface area contributed by atoms with Gasteiger partial charge in [0.2, 0.25) is 10.0 Å². The lowest BCUT2D eigenvalue weighted by Crippen LogP contribution is -2.29. The molecule has 0 unspecified atom stereocenters. The van der Waals surface area contributed by atoms with Gasteiger partial charge in [-0.25, -0.2) is 13.1 Å². The molecule has 4 rings (SSSR count). The number of hydrogen-bond acceptors (Lipinski definition) is 4. The summed E-state index contributed by atoms with van der Waals surface area (Å²) in [5.74, 6) is 0. The van der Waals surface area contributed by atoms with Crippen LogP contribution in [0.3, 0.4) is 0 Å². The third kappa shape index (κ3) is 4.16. The van der Waals surface area contributed by atoms with Crippen molar-refractivity contribution >= 4 is 10.0 Å². The van der Waals surface area contributed by atoms with E-state index in [2.05, 4.69) is 9.71 Å². The fourth-order valence-corrected chi connectivity index (χ4v) is 6.14. The molecular formula is C24H30N4O2S. The first-order valence-corrected chi connectivity index (χ1v) is 12.3. The van der Waals surface area contributed by atoms with Crippen molar-refractivity contribution in [3.63, 3.8) is 0 Å². The SMILES string of the molecule is Cc1cc(C)c(C)c(S(=O)(=O)NCCn2nc(-c3ccccn3)c3c2CCCC3)c1C. The molecule has 0 aliphatic heterocycles. The van der Waals surface area contributed by atoms with E-state index in [1.807, 2.05) is 56.6 Å². The highest BCUT2D eigenvalue weighted by Gasteiger charge is 2.24. The highest BCUT2D eigenvalue weighted by atomic mass is 32.2. The highest BCUT2D eigenvalue weighted by Crippen LogP contribution is 2.30. The summed E-state index contributed by atoms with van der Waals surface area (Å²) in [5, 5.41) is 4.84. The quantitative estimate of drug-likeness (QED) is 0.630. The van der Waals surface area contributed by atoms with E-state index in [1.165, 1.54) is 11.3 Å². The van der Waals surface area contributed by atoms with Crippen LogP contribution in [-0.4, -0.2) is 29.7 Å². The zero-order valence-corrected chi connectivity index (χ0v) is 19.5. The number of aromatic nitrogens is 3. The highest BCUT2D eigenvalue weighted by molar-refractivity contribution is 7.89. The van der Waals surface area contributed by atoms with Crippen molar-refractivity contribution in [2.45, 2.75) is 64.8 Å². The number of hydrogen-bond donors (Lipinski definition) is 1. The van der Waals surface area contributed by atoms with E-state index in [4.69, 9.17) is 5.10 Å². The lowest BCUT2D eigenvalue weighted by atomic mass is 9.95. The number of rotatable bonds is 6. The summed E-state index contributed by atoms with van der Waals surface area (Å²) in [4.78, 5) is 4.88. The van der Waals surface area contributed by atoms with E-state index in [-0.39, 0.29) is 0 Å². The monoisotopic (exact) mass is 438 g/mol. The first kappa shape index (κ1) is 21.7. The van der Waals surface area contributed by atoms with Crippen molar-refractivity contribution in [1.82, 2.24) is 19.5 Å². The Kier molecular flexibility index (Phi) is 5.99. The average Bonchev–Trinajstić information content (AvgIpc) is 3.12. The van der Waals surface area contributed by atoms with Crippen LogP contribution >= 0.6 is 0 Å². The second kappa shape index (κ2) is 8.55. The summed E-state index contributed by atoms with van der Waals surface area (Å²) in [6, 6.07) is 7.90. The summed E-state index contributed by atoms with van der Waals surface area (Å²) in [6.07, 6.45) is 6.03. The van der Waals surface area contributed by atoms with Gasteiger partial charge in [-0.05, 0) is 87.8 Å². The molecule has 3 aromatic rings. The van der Waals surface area contributed by atoms with Gasteiger partial charge in [0.05, 0.1) is 17.1 Å². The van der Waals surface area contributed by atoms with Crippen LogP contribution in [0.5, 0.6) is 0 Å². The fraction of sp³-hybridized carbons (Fsp3) is 0.417. The fourth-order valence-electron chi connectivity index (χ4n) is 4.51. The molecule has 0 saturated carbocycles. The molecule has 1 aliphatic rings. The minimum absolute atomic E-state index is 0.296. The largest absolute Gasteiger partial charge is 0.267 e. The summed E-state index contributed by atoms with van der Waals surface area (Å²) >= 11 is 0. The smallest absolute Gasteiger partial charge is 0.241 e. The zero-order chi connectivity index (χ0) is 22.2. The predicted octanol–water partition coefficient (Wildman–Crippen LogP) is 4.04. The van der Waals surface area contributed by atoms with Crippen LogP contribution in [0.2, 0.25) is 0 Å². The van der Waals surface area contributed by atoms with Gasteiger partial charge in [0, 0.05) is 24.0 Å². The molecule has 0 fully saturated rings. The molecular weight excluding hydrogens is 408 g/mol. The maximum absolute atomic E-state index is 13.1. The van der Waals surface area contributed by atoms with Crippen LogP contribution in [0, 0.1) is 27.7 Å². The summed E-state index contributed by atoms with van der Waals surface area (Å²) in [7, 11) is -3.61. The molecule has 31 heavy (non-hydrogen) atoms. The Morgan fingerprint density at radius 1 is 1.03 bits per heavy atom. The standard InChI is InChI=1S/C24H30N4O2S/c1-16-15-17(2)19(4)24(18(16)3)31(29,30)26-13-14-28-22-11-6-5-9-20(22)23(27-28)21-10-7-8-12-25-21/h7-8,10,12,15,26H,5-6,9,11,13-14H2,1-4H3. The van der Waals surface area contributed by atoms with E-state index in [0.29, 0.717) is 18.0 Å². The van der Waals surface area contributed by atoms with Crippen molar-refractivity contribution in [2.24, 2.45) is 0 Å². The molecule has 0 saturated heterocycles. The number of fused-ring (bicyclic) bond motifs is 1. The third-order valence-electron chi connectivity index (χ3n) is 6.35. The number of benzene rings is 1. The number of aryl methyl sites for hydroxylation is 2. The molecule has 2 heterocycles. The van der Waals surface area contributed by atoms with Crippen LogP contribution < -0.4 is 4.72 Å². The number of nitrogens with zero attached hydrogens (tertiary/aromatic N) is 3. The van der Waals surface area contributed by atoms with Crippen LogP contribution in [-0.2, 0) is 29.4 Å². The first-order chi connectivity index (χ1) is 14.8. The van der Waals surface area contributed by atoms with Crippen molar-refractivity contribution in [3.8, 4) is 11.4 Å². The van der Waals surface area contributed by atoms with Gasteiger partial charge in [0.15, 0.2) is 0 Å². The van der Waals surface area contributed by atoms with Crippen molar-refractivity contribution in [3.05, 3.63) is 64.0 Å². The maximum atomic E-state index is 13.1. The van der Waals surface area contributed by atoms with Gasteiger partial charge in [-0.15, -0.1) is 0 Å². The average molecular weight is 439 g/mol. The van der Waals surface area contributed by atoms with E-state index in [1.54, 1.807) is 6.20 Å². The molecule has 1 aromatic carbocycles. The van der Waals surface area contributed by atoms with E-state index in [0.717, 1.165) is 59.3 Å². The Morgan fingerprint density at radius 2 is 1.74 bits per heavy atom. The molecule has 1 aliphatic carbocycles. The zero-order valence-electron chi connectivity index (χ0n) is 18.7. The second-order valence-electron chi connectivity index (χ2n) is 8.41.